The molecule has 1 rings (SSSR count). The average molecular weight is 863 g/mol. The van der Waals surface area contributed by atoms with Crippen LogP contribution >= 0.6 is 0 Å². The van der Waals surface area contributed by atoms with E-state index in [1.54, 1.807) is 37.4 Å². The summed E-state index contributed by atoms with van der Waals surface area (Å²) in [6, 6.07) is 7.47. The normalized spacial score (nSPS) is 14.1. The van der Waals surface area contributed by atoms with Crippen molar-refractivity contribution >= 4 is 29.8 Å². The standard InChI is InChI=1S/C22H31N3O11.C7H17NO5.Gd/c26-18(27)10-23(6-7-24(11-19(28)29)12-20(30)31)8-9-25(13-21(32)33)17(22(34)35)15-36-14-16-4-2-1-3-5-16;1-8-2-4(10)6(12)7(13)5(11)3-9;/h1-5,17H,6-15H2,(H,26,27)(H,28,29)(H,30,31)(H,32,33)(H,34,35);4-13H,2-3H2,1H3;/q;;+3/p-3/t;4-,5+,6+,7+;/m.0./s1. The van der Waals surface area contributed by atoms with Gasteiger partial charge < -0.3 is 75.5 Å². The molecule has 20 nitrogen and oxygen atoms in total. The molecule has 0 amide bonds. The Kier molecular flexibility index (Phi) is 27.9. The molecule has 285 valence electrons. The van der Waals surface area contributed by atoms with Crippen LogP contribution in [-0.2, 0) is 35.3 Å². The molecule has 0 aliphatic carbocycles. The Morgan fingerprint density at radius 1 is 0.760 bits per heavy atom. The van der Waals surface area contributed by atoms with Crippen molar-refractivity contribution in [2.75, 3.05) is 79.2 Å². The number of aliphatic carboxylic acids is 5. The molecule has 5 atom stereocenters. The Labute approximate surface area is 320 Å². The fourth-order valence-electron chi connectivity index (χ4n) is 4.19. The Morgan fingerprint density at radius 3 is 1.74 bits per heavy atom. The maximum absolute atomic E-state index is 11.8. The first-order valence-electron chi connectivity index (χ1n) is 14.8. The topological polar surface area (TPSA) is 327 Å². The van der Waals surface area contributed by atoms with Crippen LogP contribution in [0.1, 0.15) is 5.56 Å². The number of carbonyl (C=O) groups excluding carboxylic acids is 3. The summed E-state index contributed by atoms with van der Waals surface area (Å²) >= 11 is 0. The molecule has 0 saturated carbocycles. The van der Waals surface area contributed by atoms with Gasteiger partial charge in [0.1, 0.15) is 24.4 Å². The molecule has 8 N–H and O–H groups in total. The summed E-state index contributed by atoms with van der Waals surface area (Å²) in [5.74, 6) is -7.24. The van der Waals surface area contributed by atoms with E-state index in [1.165, 1.54) is 4.90 Å². The second-order valence-electron chi connectivity index (χ2n) is 10.7. The zero-order valence-corrected chi connectivity index (χ0v) is 29.5. The van der Waals surface area contributed by atoms with Gasteiger partial charge in [-0.1, -0.05) is 30.3 Å². The van der Waals surface area contributed by atoms with Gasteiger partial charge in [0.25, 0.3) is 0 Å². The van der Waals surface area contributed by atoms with Crippen LogP contribution in [-0.4, -0.2) is 190 Å². The summed E-state index contributed by atoms with van der Waals surface area (Å²) in [6.07, 6.45) is -5.65. The fourth-order valence-corrected chi connectivity index (χ4v) is 4.19. The van der Waals surface area contributed by atoms with Crippen molar-refractivity contribution in [1.82, 2.24) is 20.0 Å². The number of carboxylic acids is 5. The molecular formula is C29H45GdN4O16. The third-order valence-electron chi connectivity index (χ3n) is 6.68. The number of nitrogens with zero attached hydrogens (tertiary/aromatic N) is 3. The van der Waals surface area contributed by atoms with Crippen molar-refractivity contribution in [3.05, 3.63) is 35.9 Å². The van der Waals surface area contributed by atoms with Gasteiger partial charge >= 0.3 is 51.9 Å². The Bertz CT molecular complexity index is 1120. The number of aliphatic hydroxyl groups is 5. The molecule has 0 fully saturated rings. The Hall–Kier alpha value is -2.51. The largest absolute Gasteiger partial charge is 3.00 e. The average Bonchev–Trinajstić information content (AvgIpc) is 3.02. The summed E-state index contributed by atoms with van der Waals surface area (Å²) < 4.78 is 5.45. The van der Waals surface area contributed by atoms with Crippen LogP contribution in [0.25, 0.3) is 0 Å². The van der Waals surface area contributed by atoms with Gasteiger partial charge in [-0.3, -0.25) is 24.3 Å². The third kappa shape index (κ3) is 23.1. The summed E-state index contributed by atoms with van der Waals surface area (Å²) in [4.78, 5) is 59.3. The molecule has 0 spiro atoms. The van der Waals surface area contributed by atoms with Gasteiger partial charge in [0.2, 0.25) is 0 Å². The minimum absolute atomic E-state index is 0. The summed E-state index contributed by atoms with van der Waals surface area (Å²) in [7, 11) is 1.57. The van der Waals surface area contributed by atoms with E-state index in [9.17, 15) is 49.5 Å². The molecule has 0 saturated heterocycles. The van der Waals surface area contributed by atoms with Crippen molar-refractivity contribution in [3.8, 4) is 0 Å². The van der Waals surface area contributed by atoms with Crippen molar-refractivity contribution < 1.29 is 120 Å². The second kappa shape index (κ2) is 28.1. The van der Waals surface area contributed by atoms with E-state index in [1.807, 2.05) is 0 Å². The smallest absolute Gasteiger partial charge is 0.549 e. The molecule has 0 heterocycles. The fraction of sp³-hybridized carbons (Fsp3) is 0.621. The van der Waals surface area contributed by atoms with Crippen LogP contribution in [0, 0.1) is 39.9 Å². The number of nitrogens with one attached hydrogen (secondary N) is 1. The van der Waals surface area contributed by atoms with E-state index in [2.05, 4.69) is 5.32 Å². The second-order valence-corrected chi connectivity index (χ2v) is 10.7. The molecule has 0 aromatic heterocycles. The molecule has 1 aromatic rings. The van der Waals surface area contributed by atoms with Gasteiger partial charge in [-0.15, -0.1) is 0 Å². The van der Waals surface area contributed by atoms with Crippen molar-refractivity contribution in [1.29, 1.82) is 0 Å². The predicted octanol–water partition coefficient (Wildman–Crippen LogP) is -8.46. The number of hydrogen-bond donors (Lipinski definition) is 8. The van der Waals surface area contributed by atoms with Crippen LogP contribution in [0.5, 0.6) is 0 Å². The number of rotatable bonds is 26. The van der Waals surface area contributed by atoms with E-state index in [0.717, 1.165) is 15.4 Å². The van der Waals surface area contributed by atoms with E-state index in [4.69, 9.17) is 30.3 Å². The number of hydrogen-bond acceptors (Lipinski definition) is 18. The zero-order chi connectivity index (χ0) is 37.5. The summed E-state index contributed by atoms with van der Waals surface area (Å²) in [6.45, 7) is -4.30. The number of carbonyl (C=O) groups is 5. The van der Waals surface area contributed by atoms with Crippen molar-refractivity contribution in [2.45, 2.75) is 37.1 Å². The van der Waals surface area contributed by atoms with E-state index in [0.29, 0.717) is 0 Å². The SMILES string of the molecule is CNC[C@H](O)[C@@H](O)[C@H](O)[C@H](O)CO.O=C([O-])CN(CCN(CC(=O)[O-])CC(=O)O)CCN(CC(=O)[O-])C(COCc1ccccc1)C(=O)O.[Gd+3]. The quantitative estimate of drug-likeness (QED) is 0.0429. The molecule has 0 bridgehead atoms. The molecule has 0 aliphatic heterocycles. The van der Waals surface area contributed by atoms with E-state index < -0.39 is 93.1 Å². The van der Waals surface area contributed by atoms with Crippen LogP contribution in [0.15, 0.2) is 30.3 Å². The Balaban J connectivity index is 0. The number of benzene rings is 1. The first kappa shape index (κ1) is 49.6. The molecule has 21 heteroatoms. The minimum atomic E-state index is -1.56. The zero-order valence-electron chi connectivity index (χ0n) is 27.3. The predicted molar refractivity (Wildman–Crippen MR) is 160 cm³/mol. The number of ether oxygens (including phenoxy) is 1. The minimum Gasteiger partial charge on any atom is -0.549 e. The third-order valence-corrected chi connectivity index (χ3v) is 6.68. The maximum atomic E-state index is 11.8. The number of aliphatic hydroxyl groups excluding tert-OH is 5. The van der Waals surface area contributed by atoms with Crippen molar-refractivity contribution in [3.63, 3.8) is 0 Å². The van der Waals surface area contributed by atoms with Crippen LogP contribution in [0.3, 0.4) is 0 Å². The van der Waals surface area contributed by atoms with E-state index >= 15 is 0 Å². The van der Waals surface area contributed by atoms with Gasteiger partial charge in [0.05, 0.1) is 50.4 Å². The van der Waals surface area contributed by atoms with Gasteiger partial charge in [0, 0.05) is 52.4 Å². The summed E-state index contributed by atoms with van der Waals surface area (Å²) in [5, 5.41) is 99.3. The first-order chi connectivity index (χ1) is 23.0. The van der Waals surface area contributed by atoms with Crippen LogP contribution in [0.2, 0.25) is 0 Å². The van der Waals surface area contributed by atoms with E-state index in [-0.39, 0.29) is 85.9 Å². The first-order valence-corrected chi connectivity index (χ1v) is 14.8. The molecule has 1 unspecified atom stereocenters. The van der Waals surface area contributed by atoms with Crippen LogP contribution in [0.4, 0.5) is 0 Å². The van der Waals surface area contributed by atoms with Gasteiger partial charge in [-0.05, 0) is 12.6 Å². The van der Waals surface area contributed by atoms with Gasteiger partial charge in [0.15, 0.2) is 0 Å². The van der Waals surface area contributed by atoms with Gasteiger partial charge in [-0.2, -0.15) is 0 Å². The van der Waals surface area contributed by atoms with Gasteiger partial charge in [-0.25, -0.2) is 0 Å². The number of carboxylic acid groups (broad SMARTS) is 5. The molecule has 50 heavy (non-hydrogen) atoms. The Morgan fingerprint density at radius 2 is 1.26 bits per heavy atom. The molecular weight excluding hydrogens is 818 g/mol. The summed E-state index contributed by atoms with van der Waals surface area (Å²) in [5.41, 5.74) is 0.774. The molecule has 0 aliphatic rings. The van der Waals surface area contributed by atoms with Crippen LogP contribution < -0.4 is 20.6 Å². The monoisotopic (exact) mass is 863 g/mol. The molecule has 1 radical (unpaired) electrons. The van der Waals surface area contributed by atoms with Crippen molar-refractivity contribution in [2.24, 2.45) is 0 Å². The maximum Gasteiger partial charge on any atom is 3.00 e. The molecule has 1 aromatic carbocycles. The number of likely N-dealkylation sites (N-methyl/N-ethyl adjacent to an activating group) is 1.